The fraction of sp³-hybridized carbons (Fsp3) is 0.222. The molecule has 0 saturated heterocycles. The van der Waals surface area contributed by atoms with E-state index >= 15 is 0 Å². The van der Waals surface area contributed by atoms with E-state index in [0.29, 0.717) is 11.4 Å². The summed E-state index contributed by atoms with van der Waals surface area (Å²) in [5.74, 6) is 0.265. The first kappa shape index (κ1) is 18.1. The monoisotopic (exact) mass is 424 g/mol. The highest BCUT2D eigenvalue weighted by atomic mass is 79.9. The van der Waals surface area contributed by atoms with E-state index in [0.717, 1.165) is 26.7 Å². The third-order valence-corrected chi connectivity index (χ3v) is 5.75. The van der Waals surface area contributed by atoms with Gasteiger partial charge in [-0.05, 0) is 50.1 Å². The van der Waals surface area contributed by atoms with E-state index in [-0.39, 0.29) is 5.82 Å². The van der Waals surface area contributed by atoms with Crippen molar-refractivity contribution in [3.63, 3.8) is 0 Å². The maximum Gasteiger partial charge on any atom is 0.135 e. The second kappa shape index (κ2) is 6.55. The Morgan fingerprint density at radius 3 is 2.48 bits per heavy atom. The predicted molar refractivity (Wildman–Crippen MR) is 99.8 cm³/mol. The molecule has 2 aromatic rings. The topological polar surface area (TPSA) is 61.4 Å². The van der Waals surface area contributed by atoms with Gasteiger partial charge in [-0.15, -0.1) is 0 Å². The maximum absolute atomic E-state index is 13.3. The van der Waals surface area contributed by atoms with Gasteiger partial charge in [-0.2, -0.15) is 0 Å². The summed E-state index contributed by atoms with van der Waals surface area (Å²) in [5.41, 5.74) is 3.22. The van der Waals surface area contributed by atoms with Gasteiger partial charge in [0.15, 0.2) is 0 Å². The van der Waals surface area contributed by atoms with Crippen molar-refractivity contribution in [2.75, 3.05) is 4.72 Å². The maximum atomic E-state index is 13.3. The van der Waals surface area contributed by atoms with Gasteiger partial charge in [0.1, 0.15) is 17.2 Å². The number of hydrogen-bond acceptors (Lipinski definition) is 3. The van der Waals surface area contributed by atoms with E-state index in [1.165, 1.54) is 12.1 Å². The summed E-state index contributed by atoms with van der Waals surface area (Å²) in [5, 5.41) is 0. The zero-order chi connectivity index (χ0) is 18.4. The lowest BCUT2D eigenvalue weighted by Crippen LogP contribution is -2.33. The number of benzene rings is 2. The second-order valence-corrected chi connectivity index (χ2v) is 7.78. The van der Waals surface area contributed by atoms with Crippen molar-refractivity contribution >= 4 is 38.5 Å². The second-order valence-electron chi connectivity index (χ2n) is 6.31. The molecule has 0 bridgehead atoms. The minimum atomic E-state index is -2.42. The zero-order valence-corrected chi connectivity index (χ0v) is 16.3. The number of aryl methyl sites for hydroxylation is 1. The molecule has 0 aliphatic carbocycles. The van der Waals surface area contributed by atoms with Gasteiger partial charge in [0.2, 0.25) is 0 Å². The van der Waals surface area contributed by atoms with E-state index < -0.39 is 16.9 Å². The lowest BCUT2D eigenvalue weighted by molar-refractivity contribution is 0.155. The summed E-state index contributed by atoms with van der Waals surface area (Å²) in [6, 6.07) is 9.65. The van der Waals surface area contributed by atoms with Gasteiger partial charge in [-0.1, -0.05) is 28.1 Å². The molecule has 25 heavy (non-hydrogen) atoms. The molecule has 0 aromatic heterocycles. The highest BCUT2D eigenvalue weighted by Crippen LogP contribution is 2.48. The van der Waals surface area contributed by atoms with Gasteiger partial charge >= 0.3 is 0 Å². The molecule has 1 aliphatic rings. The van der Waals surface area contributed by atoms with Gasteiger partial charge < -0.3 is 14.0 Å². The van der Waals surface area contributed by atoms with Gasteiger partial charge in [-0.25, -0.2) is 4.39 Å². The SMILES string of the molecule is Cc1cc(NS(=O)[O-])cc2c1C(c1ccc(F)cc1)=C(Br)C(C)(C)O2. The molecule has 1 unspecified atom stereocenters. The average Bonchev–Trinajstić information content (AvgIpc) is 2.49. The Kier molecular flexibility index (Phi) is 4.74. The summed E-state index contributed by atoms with van der Waals surface area (Å²) in [7, 11) is 0. The van der Waals surface area contributed by atoms with Crippen LogP contribution < -0.4 is 9.46 Å². The molecule has 132 valence electrons. The molecule has 0 saturated carbocycles. The first-order chi connectivity index (χ1) is 11.7. The van der Waals surface area contributed by atoms with Crippen molar-refractivity contribution in [3.05, 3.63) is 63.4 Å². The molecule has 3 rings (SSSR count). The van der Waals surface area contributed by atoms with E-state index in [4.69, 9.17) is 4.74 Å². The minimum Gasteiger partial charge on any atom is -0.755 e. The summed E-state index contributed by atoms with van der Waals surface area (Å²) < 4.78 is 44.5. The number of fused-ring (bicyclic) bond motifs is 1. The van der Waals surface area contributed by atoms with Gasteiger partial charge in [0.05, 0.1) is 0 Å². The normalized spacial score (nSPS) is 16.9. The number of hydrogen-bond donors (Lipinski definition) is 1. The van der Waals surface area contributed by atoms with E-state index in [9.17, 15) is 13.2 Å². The van der Waals surface area contributed by atoms with Crippen molar-refractivity contribution in [1.82, 2.24) is 0 Å². The molecule has 0 spiro atoms. The number of anilines is 1. The number of rotatable bonds is 3. The molecule has 1 aliphatic heterocycles. The number of ether oxygens (including phenoxy) is 1. The third kappa shape index (κ3) is 3.49. The lowest BCUT2D eigenvalue weighted by atomic mass is 9.87. The van der Waals surface area contributed by atoms with Crippen molar-refractivity contribution in [3.8, 4) is 5.75 Å². The largest absolute Gasteiger partial charge is 0.755 e. The van der Waals surface area contributed by atoms with Crippen LogP contribution in [0.25, 0.3) is 5.57 Å². The van der Waals surface area contributed by atoms with Crippen LogP contribution in [0, 0.1) is 12.7 Å². The molecule has 1 atom stereocenters. The molecule has 0 amide bonds. The summed E-state index contributed by atoms with van der Waals surface area (Å²) in [6.45, 7) is 5.69. The highest BCUT2D eigenvalue weighted by molar-refractivity contribution is 9.12. The Bertz CT molecular complexity index is 894. The van der Waals surface area contributed by atoms with E-state index in [2.05, 4.69) is 20.7 Å². The fourth-order valence-corrected chi connectivity index (χ4v) is 3.75. The van der Waals surface area contributed by atoms with Crippen molar-refractivity contribution in [1.29, 1.82) is 0 Å². The van der Waals surface area contributed by atoms with Crippen LogP contribution in [-0.2, 0) is 11.3 Å². The standard InChI is InChI=1S/C18H17BrFNO3S/c1-10-8-13(21-25(22)23)9-14-15(10)16(17(19)18(2,3)24-14)11-4-6-12(20)7-5-11/h4-9,21H,1-3H3,(H,22,23)/p-1. The van der Waals surface area contributed by atoms with Gasteiger partial charge in [-0.3, -0.25) is 4.21 Å². The first-order valence-corrected chi connectivity index (χ1v) is 9.42. The average molecular weight is 425 g/mol. The van der Waals surface area contributed by atoms with Crippen LogP contribution in [0.3, 0.4) is 0 Å². The van der Waals surface area contributed by atoms with E-state index in [1.54, 1.807) is 24.3 Å². The molecule has 0 fully saturated rings. The van der Waals surface area contributed by atoms with Gasteiger partial charge in [0, 0.05) is 38.6 Å². The minimum absolute atomic E-state index is 0.304. The molecule has 0 radical (unpaired) electrons. The van der Waals surface area contributed by atoms with Crippen LogP contribution in [0.1, 0.15) is 30.5 Å². The Balaban J connectivity index is 2.24. The Labute approximate surface area is 156 Å². The van der Waals surface area contributed by atoms with Crippen LogP contribution in [-0.4, -0.2) is 14.4 Å². The molecule has 1 N–H and O–H groups in total. The quantitative estimate of drug-likeness (QED) is 0.728. The predicted octanol–water partition coefficient (Wildman–Crippen LogP) is 4.67. The van der Waals surface area contributed by atoms with Crippen molar-refractivity contribution in [2.24, 2.45) is 0 Å². The Hall–Kier alpha value is -1.70. The highest BCUT2D eigenvalue weighted by Gasteiger charge is 2.35. The van der Waals surface area contributed by atoms with E-state index in [1.807, 2.05) is 20.8 Å². The number of halogens is 2. The van der Waals surface area contributed by atoms with Crippen molar-refractivity contribution < 1.29 is 17.9 Å². The van der Waals surface area contributed by atoms with Crippen molar-refractivity contribution in [2.45, 2.75) is 26.4 Å². The number of nitrogens with one attached hydrogen (secondary N) is 1. The molecule has 7 heteroatoms. The molecule has 1 heterocycles. The third-order valence-electron chi connectivity index (χ3n) is 4.00. The van der Waals surface area contributed by atoms with Crippen LogP contribution in [0.2, 0.25) is 0 Å². The van der Waals surface area contributed by atoms with Crippen LogP contribution in [0.15, 0.2) is 40.9 Å². The van der Waals surface area contributed by atoms with Crippen LogP contribution in [0.5, 0.6) is 5.75 Å². The fourth-order valence-electron chi connectivity index (χ4n) is 2.93. The Morgan fingerprint density at radius 2 is 1.88 bits per heavy atom. The van der Waals surface area contributed by atoms with Crippen LogP contribution in [0.4, 0.5) is 10.1 Å². The Morgan fingerprint density at radius 1 is 1.24 bits per heavy atom. The lowest BCUT2D eigenvalue weighted by Gasteiger charge is -2.36. The van der Waals surface area contributed by atoms with Crippen LogP contribution >= 0.6 is 15.9 Å². The zero-order valence-electron chi connectivity index (χ0n) is 13.9. The summed E-state index contributed by atoms with van der Waals surface area (Å²) in [6.07, 6.45) is 0. The molecule has 4 nitrogen and oxygen atoms in total. The summed E-state index contributed by atoms with van der Waals surface area (Å²) >= 11 is 1.22. The molecular weight excluding hydrogens is 409 g/mol. The first-order valence-electron chi connectivity index (χ1n) is 7.55. The van der Waals surface area contributed by atoms with Gasteiger partial charge in [0.25, 0.3) is 0 Å². The molecule has 2 aromatic carbocycles. The smallest absolute Gasteiger partial charge is 0.135 e. The molecular formula is C18H16BrFNO3S-. The summed E-state index contributed by atoms with van der Waals surface area (Å²) in [4.78, 5) is 0.